The van der Waals surface area contributed by atoms with E-state index in [1.807, 2.05) is 0 Å². The Morgan fingerprint density at radius 1 is 1.26 bits per heavy atom. The summed E-state index contributed by atoms with van der Waals surface area (Å²) in [6, 6.07) is 4.81. The fraction of sp³-hybridized carbons (Fsp3) is 0.615. The number of alkyl halides is 3. The molecule has 0 fully saturated rings. The molecular formula is C13H19F3N2O. The molecule has 1 heterocycles. The van der Waals surface area contributed by atoms with Gasteiger partial charge in [0.2, 0.25) is 5.88 Å². The zero-order valence-corrected chi connectivity index (χ0v) is 11.3. The Labute approximate surface area is 111 Å². The van der Waals surface area contributed by atoms with E-state index in [4.69, 9.17) is 4.74 Å². The van der Waals surface area contributed by atoms with E-state index in [0.29, 0.717) is 18.2 Å². The van der Waals surface area contributed by atoms with E-state index in [-0.39, 0.29) is 5.88 Å². The quantitative estimate of drug-likeness (QED) is 0.866. The maximum atomic E-state index is 12.4. The summed E-state index contributed by atoms with van der Waals surface area (Å²) in [5.74, 6) is 0.498. The van der Waals surface area contributed by atoms with Gasteiger partial charge >= 0.3 is 6.18 Å². The zero-order chi connectivity index (χ0) is 14.5. The highest BCUT2D eigenvalue weighted by Crippen LogP contribution is 2.23. The lowest BCUT2D eigenvalue weighted by Crippen LogP contribution is -2.31. The SMILES string of the molecule is CC(C)CNCc1cccc(OC(C)C(F)(F)F)n1. The Hall–Kier alpha value is -1.30. The number of halogens is 3. The van der Waals surface area contributed by atoms with Crippen LogP contribution in [-0.2, 0) is 6.54 Å². The van der Waals surface area contributed by atoms with Gasteiger partial charge in [0, 0.05) is 12.6 Å². The lowest BCUT2D eigenvalue weighted by molar-refractivity contribution is -0.190. The smallest absolute Gasteiger partial charge is 0.425 e. The minimum atomic E-state index is -4.38. The number of aromatic nitrogens is 1. The van der Waals surface area contributed by atoms with Crippen molar-refractivity contribution in [3.05, 3.63) is 23.9 Å². The van der Waals surface area contributed by atoms with E-state index in [1.165, 1.54) is 6.07 Å². The molecule has 6 heteroatoms. The van der Waals surface area contributed by atoms with E-state index in [1.54, 1.807) is 12.1 Å². The van der Waals surface area contributed by atoms with Gasteiger partial charge in [0.15, 0.2) is 6.10 Å². The van der Waals surface area contributed by atoms with Crippen molar-refractivity contribution in [1.29, 1.82) is 0 Å². The molecule has 1 aromatic heterocycles. The van der Waals surface area contributed by atoms with Crippen LogP contribution in [0, 0.1) is 5.92 Å². The van der Waals surface area contributed by atoms with Crippen LogP contribution >= 0.6 is 0 Å². The van der Waals surface area contributed by atoms with Crippen molar-refractivity contribution in [3.8, 4) is 5.88 Å². The first kappa shape index (κ1) is 15.8. The number of nitrogens with zero attached hydrogens (tertiary/aromatic N) is 1. The van der Waals surface area contributed by atoms with Crippen LogP contribution < -0.4 is 10.1 Å². The predicted octanol–water partition coefficient (Wildman–Crippen LogP) is 3.16. The molecule has 1 aromatic rings. The number of ether oxygens (including phenoxy) is 1. The zero-order valence-electron chi connectivity index (χ0n) is 11.3. The topological polar surface area (TPSA) is 34.1 Å². The molecule has 0 aliphatic rings. The van der Waals surface area contributed by atoms with Gasteiger partial charge in [-0.15, -0.1) is 0 Å². The van der Waals surface area contributed by atoms with E-state index in [2.05, 4.69) is 24.1 Å². The monoisotopic (exact) mass is 276 g/mol. The highest BCUT2D eigenvalue weighted by atomic mass is 19.4. The van der Waals surface area contributed by atoms with Gasteiger partial charge in [-0.2, -0.15) is 13.2 Å². The van der Waals surface area contributed by atoms with Crippen molar-refractivity contribution < 1.29 is 17.9 Å². The Kier molecular flexibility index (Phi) is 5.60. The maximum Gasteiger partial charge on any atom is 0.425 e. The molecule has 1 unspecified atom stereocenters. The molecule has 0 saturated heterocycles. The van der Waals surface area contributed by atoms with Gasteiger partial charge in [-0.25, -0.2) is 4.98 Å². The summed E-state index contributed by atoms with van der Waals surface area (Å²) in [6.07, 6.45) is -6.24. The summed E-state index contributed by atoms with van der Waals surface area (Å²) in [4.78, 5) is 4.04. The third-order valence-corrected chi connectivity index (χ3v) is 2.40. The second-order valence-electron chi connectivity index (χ2n) is 4.79. The number of nitrogens with one attached hydrogen (secondary N) is 1. The van der Waals surface area contributed by atoms with Crippen molar-refractivity contribution in [3.63, 3.8) is 0 Å². The molecule has 19 heavy (non-hydrogen) atoms. The first-order valence-corrected chi connectivity index (χ1v) is 6.19. The first-order valence-electron chi connectivity index (χ1n) is 6.19. The predicted molar refractivity (Wildman–Crippen MR) is 66.9 cm³/mol. The number of hydrogen-bond acceptors (Lipinski definition) is 3. The van der Waals surface area contributed by atoms with Gasteiger partial charge in [0.25, 0.3) is 0 Å². The van der Waals surface area contributed by atoms with Gasteiger partial charge in [-0.05, 0) is 25.5 Å². The molecule has 108 valence electrons. The molecule has 1 N–H and O–H groups in total. The molecule has 0 radical (unpaired) electrons. The summed E-state index contributed by atoms with van der Waals surface area (Å²) >= 11 is 0. The van der Waals surface area contributed by atoms with Crippen LogP contribution in [0.5, 0.6) is 5.88 Å². The van der Waals surface area contributed by atoms with Crippen molar-refractivity contribution in [2.24, 2.45) is 5.92 Å². The van der Waals surface area contributed by atoms with Gasteiger partial charge in [0.1, 0.15) is 0 Å². The third kappa shape index (κ3) is 5.92. The van der Waals surface area contributed by atoms with Crippen molar-refractivity contribution in [1.82, 2.24) is 10.3 Å². The maximum absolute atomic E-state index is 12.4. The van der Waals surface area contributed by atoms with Gasteiger partial charge in [-0.1, -0.05) is 19.9 Å². The van der Waals surface area contributed by atoms with E-state index >= 15 is 0 Å². The van der Waals surface area contributed by atoms with Crippen LogP contribution in [0.3, 0.4) is 0 Å². The van der Waals surface area contributed by atoms with Crippen LogP contribution in [0.1, 0.15) is 26.5 Å². The fourth-order valence-corrected chi connectivity index (χ4v) is 1.36. The highest BCUT2D eigenvalue weighted by Gasteiger charge is 2.38. The summed E-state index contributed by atoms with van der Waals surface area (Å²) in [7, 11) is 0. The largest absolute Gasteiger partial charge is 0.465 e. The van der Waals surface area contributed by atoms with Gasteiger partial charge in [-0.3, -0.25) is 0 Å². The molecule has 0 amide bonds. The van der Waals surface area contributed by atoms with Gasteiger partial charge in [0.05, 0.1) is 5.69 Å². The molecule has 0 saturated carbocycles. The summed E-state index contributed by atoms with van der Waals surface area (Å²) in [6.45, 7) is 6.45. The molecule has 1 rings (SSSR count). The average Bonchev–Trinajstić information content (AvgIpc) is 2.27. The Morgan fingerprint density at radius 3 is 2.53 bits per heavy atom. The lowest BCUT2D eigenvalue weighted by Gasteiger charge is -2.17. The van der Waals surface area contributed by atoms with Crippen LogP contribution in [0.4, 0.5) is 13.2 Å². The van der Waals surface area contributed by atoms with Crippen LogP contribution in [0.2, 0.25) is 0 Å². The molecular weight excluding hydrogens is 257 g/mol. The number of hydrogen-bond donors (Lipinski definition) is 1. The molecule has 0 aliphatic carbocycles. The van der Waals surface area contributed by atoms with Gasteiger partial charge < -0.3 is 10.1 Å². The van der Waals surface area contributed by atoms with Crippen molar-refractivity contribution in [2.75, 3.05) is 6.54 Å². The summed E-state index contributed by atoms with van der Waals surface area (Å²) < 4.78 is 41.9. The fourth-order valence-electron chi connectivity index (χ4n) is 1.36. The highest BCUT2D eigenvalue weighted by molar-refractivity contribution is 5.16. The Balaban J connectivity index is 2.57. The second-order valence-corrected chi connectivity index (χ2v) is 4.79. The van der Waals surface area contributed by atoms with E-state index < -0.39 is 12.3 Å². The van der Waals surface area contributed by atoms with Crippen LogP contribution in [-0.4, -0.2) is 23.8 Å². The molecule has 0 spiro atoms. The minimum absolute atomic E-state index is 0.00586. The molecule has 3 nitrogen and oxygen atoms in total. The third-order valence-electron chi connectivity index (χ3n) is 2.40. The molecule has 0 aromatic carbocycles. The number of pyridine rings is 1. The molecule has 0 bridgehead atoms. The van der Waals surface area contributed by atoms with Crippen molar-refractivity contribution in [2.45, 2.75) is 39.6 Å². The average molecular weight is 276 g/mol. The standard InChI is InChI=1S/C13H19F3N2O/c1-9(2)7-17-8-11-5-4-6-12(18-11)19-10(3)13(14,15)16/h4-6,9-10,17H,7-8H2,1-3H3. The van der Waals surface area contributed by atoms with E-state index in [9.17, 15) is 13.2 Å². The lowest BCUT2D eigenvalue weighted by atomic mass is 10.2. The van der Waals surface area contributed by atoms with E-state index in [0.717, 1.165) is 13.5 Å². The first-order chi connectivity index (χ1) is 8.79. The minimum Gasteiger partial charge on any atom is -0.465 e. The molecule has 1 atom stereocenters. The Bertz CT molecular complexity index is 394. The summed E-state index contributed by atoms with van der Waals surface area (Å²) in [5.41, 5.74) is 0.660. The number of rotatable bonds is 6. The van der Waals surface area contributed by atoms with Crippen LogP contribution in [0.15, 0.2) is 18.2 Å². The normalized spacial score (nSPS) is 13.6. The summed E-state index contributed by atoms with van der Waals surface area (Å²) in [5, 5.41) is 3.17. The second kappa shape index (κ2) is 6.75. The van der Waals surface area contributed by atoms with Crippen LogP contribution in [0.25, 0.3) is 0 Å². The Morgan fingerprint density at radius 2 is 1.95 bits per heavy atom. The van der Waals surface area contributed by atoms with Crippen molar-refractivity contribution >= 4 is 0 Å². The molecule has 0 aliphatic heterocycles.